The van der Waals surface area contributed by atoms with Crippen LogP contribution in [-0.2, 0) is 11.3 Å². The predicted molar refractivity (Wildman–Crippen MR) is 118 cm³/mol. The van der Waals surface area contributed by atoms with Crippen molar-refractivity contribution in [3.63, 3.8) is 0 Å². The maximum absolute atomic E-state index is 11.6. The molecule has 1 saturated heterocycles. The highest BCUT2D eigenvalue weighted by Gasteiger charge is 2.16. The van der Waals surface area contributed by atoms with E-state index in [1.807, 2.05) is 0 Å². The summed E-state index contributed by atoms with van der Waals surface area (Å²) in [5.74, 6) is 0.947. The molecule has 28 heavy (non-hydrogen) atoms. The molecule has 0 saturated carbocycles. The quantitative estimate of drug-likeness (QED) is 0.497. The molecule has 1 unspecified atom stereocenters. The van der Waals surface area contributed by atoms with Crippen molar-refractivity contribution < 1.29 is 4.79 Å². The van der Waals surface area contributed by atoms with Gasteiger partial charge in [-0.1, -0.05) is 32.9 Å². The number of anilines is 1. The summed E-state index contributed by atoms with van der Waals surface area (Å²) in [6.45, 7) is 14.6. The number of hydrogen-bond acceptors (Lipinski definition) is 3. The molecule has 156 valence electrons. The fraction of sp³-hybridized carbons (Fsp3) is 0.636. The van der Waals surface area contributed by atoms with Gasteiger partial charge in [-0.15, -0.1) is 0 Å². The first-order valence-electron chi connectivity index (χ1n) is 10.4. The molecule has 3 N–H and O–H groups in total. The van der Waals surface area contributed by atoms with Gasteiger partial charge in [0.2, 0.25) is 5.91 Å². The van der Waals surface area contributed by atoms with Gasteiger partial charge in [0.1, 0.15) is 0 Å². The fourth-order valence-electron chi connectivity index (χ4n) is 3.12. The number of hydrogen-bond donors (Lipinski definition) is 3. The van der Waals surface area contributed by atoms with Gasteiger partial charge in [-0.2, -0.15) is 0 Å². The van der Waals surface area contributed by atoms with Crippen LogP contribution in [0.4, 0.5) is 5.69 Å². The number of rotatable bonds is 7. The lowest BCUT2D eigenvalue weighted by Gasteiger charge is -2.28. The molecule has 2 rings (SSSR count). The zero-order valence-corrected chi connectivity index (χ0v) is 18.1. The van der Waals surface area contributed by atoms with Gasteiger partial charge in [0, 0.05) is 31.4 Å². The van der Waals surface area contributed by atoms with Crippen molar-refractivity contribution in [3.05, 3.63) is 29.8 Å². The van der Waals surface area contributed by atoms with Crippen LogP contribution in [0.15, 0.2) is 29.3 Å². The number of benzene rings is 1. The highest BCUT2D eigenvalue weighted by molar-refractivity contribution is 5.82. The fourth-order valence-corrected chi connectivity index (χ4v) is 3.12. The van der Waals surface area contributed by atoms with E-state index >= 15 is 0 Å². The average molecular weight is 388 g/mol. The predicted octanol–water partition coefficient (Wildman–Crippen LogP) is 2.89. The molecule has 0 radical (unpaired) electrons. The maximum atomic E-state index is 11.6. The van der Waals surface area contributed by atoms with Gasteiger partial charge in [-0.3, -0.25) is 4.79 Å². The van der Waals surface area contributed by atoms with Crippen molar-refractivity contribution >= 4 is 17.6 Å². The number of nitrogens with zero attached hydrogens (tertiary/aromatic N) is 2. The Labute approximate surface area is 170 Å². The number of nitrogens with one attached hydrogen (secondary N) is 3. The molecule has 1 aromatic carbocycles. The normalized spacial score (nSPS) is 16.5. The summed E-state index contributed by atoms with van der Waals surface area (Å²) in [6, 6.07) is 8.73. The zero-order chi connectivity index (χ0) is 20.6. The van der Waals surface area contributed by atoms with Crippen LogP contribution in [0, 0.1) is 5.41 Å². The Bertz CT molecular complexity index is 648. The summed E-state index contributed by atoms with van der Waals surface area (Å²) in [6.07, 6.45) is 2.29. The van der Waals surface area contributed by atoms with Crippen molar-refractivity contribution in [1.82, 2.24) is 16.0 Å². The van der Waals surface area contributed by atoms with Crippen molar-refractivity contribution in [2.24, 2.45) is 10.4 Å². The largest absolute Gasteiger partial charge is 0.360 e. The second-order valence-corrected chi connectivity index (χ2v) is 8.78. The van der Waals surface area contributed by atoms with E-state index in [9.17, 15) is 4.79 Å². The summed E-state index contributed by atoms with van der Waals surface area (Å²) in [4.78, 5) is 18.4. The number of piperazine rings is 1. The van der Waals surface area contributed by atoms with Gasteiger partial charge >= 0.3 is 0 Å². The first-order chi connectivity index (χ1) is 13.3. The SMILES string of the molecule is CCNC(=NCc1ccc(N2CCNC(=O)C2)cc1)NC(C)CCC(C)(C)C. The monoisotopic (exact) mass is 387 g/mol. The van der Waals surface area contributed by atoms with Crippen molar-refractivity contribution in [2.45, 2.75) is 60.0 Å². The molecule has 0 spiro atoms. The summed E-state index contributed by atoms with van der Waals surface area (Å²) >= 11 is 0. The molecule has 6 heteroatoms. The second kappa shape index (κ2) is 10.3. The third-order valence-corrected chi connectivity index (χ3v) is 4.81. The molecule has 1 aromatic rings. The van der Waals surface area contributed by atoms with Gasteiger partial charge in [0.05, 0.1) is 13.1 Å². The van der Waals surface area contributed by atoms with Gasteiger partial charge in [0.15, 0.2) is 5.96 Å². The van der Waals surface area contributed by atoms with Gasteiger partial charge < -0.3 is 20.9 Å². The molecule has 0 aliphatic carbocycles. The zero-order valence-electron chi connectivity index (χ0n) is 18.1. The average Bonchev–Trinajstić information content (AvgIpc) is 2.64. The topological polar surface area (TPSA) is 68.8 Å². The van der Waals surface area contributed by atoms with Crippen LogP contribution in [-0.4, -0.2) is 44.1 Å². The summed E-state index contributed by atoms with van der Waals surface area (Å²) in [5.41, 5.74) is 2.59. The Morgan fingerprint density at radius 3 is 2.61 bits per heavy atom. The van der Waals surface area contributed by atoms with E-state index in [4.69, 9.17) is 4.99 Å². The molecule has 1 amide bonds. The van der Waals surface area contributed by atoms with Gasteiger partial charge in [-0.05, 0) is 49.8 Å². The Morgan fingerprint density at radius 2 is 2.00 bits per heavy atom. The molecule has 1 fully saturated rings. The Kier molecular flexibility index (Phi) is 8.15. The van der Waals surface area contributed by atoms with E-state index < -0.39 is 0 Å². The first-order valence-corrected chi connectivity index (χ1v) is 10.4. The molecule has 1 atom stereocenters. The Balaban J connectivity index is 1.91. The van der Waals surface area contributed by atoms with Crippen LogP contribution in [0.1, 0.15) is 53.0 Å². The number of guanidine groups is 1. The van der Waals surface area contributed by atoms with Crippen molar-refractivity contribution in [1.29, 1.82) is 0 Å². The molecule has 0 aromatic heterocycles. The molecule has 1 aliphatic rings. The maximum Gasteiger partial charge on any atom is 0.239 e. The van der Waals surface area contributed by atoms with Crippen molar-refractivity contribution in [3.8, 4) is 0 Å². The third-order valence-electron chi connectivity index (χ3n) is 4.81. The highest BCUT2D eigenvalue weighted by Crippen LogP contribution is 2.21. The summed E-state index contributed by atoms with van der Waals surface area (Å²) < 4.78 is 0. The lowest BCUT2D eigenvalue weighted by atomic mass is 9.89. The number of carbonyl (C=O) groups excluding carboxylic acids is 1. The van der Waals surface area contributed by atoms with E-state index in [2.05, 4.69) is 79.7 Å². The summed E-state index contributed by atoms with van der Waals surface area (Å²) in [7, 11) is 0. The minimum Gasteiger partial charge on any atom is -0.360 e. The van der Waals surface area contributed by atoms with E-state index in [1.54, 1.807) is 0 Å². The lowest BCUT2D eigenvalue weighted by Crippen LogP contribution is -2.47. The smallest absolute Gasteiger partial charge is 0.239 e. The second-order valence-electron chi connectivity index (χ2n) is 8.78. The van der Waals surface area contributed by atoms with Gasteiger partial charge in [0.25, 0.3) is 0 Å². The third kappa shape index (κ3) is 7.79. The van der Waals surface area contributed by atoms with E-state index in [0.717, 1.165) is 36.7 Å². The number of carbonyl (C=O) groups is 1. The first kappa shape index (κ1) is 22.1. The van der Waals surface area contributed by atoms with Crippen LogP contribution in [0.3, 0.4) is 0 Å². The minimum absolute atomic E-state index is 0.0851. The Morgan fingerprint density at radius 1 is 1.29 bits per heavy atom. The van der Waals surface area contributed by atoms with Crippen LogP contribution in [0.2, 0.25) is 0 Å². The molecule has 1 heterocycles. The summed E-state index contributed by atoms with van der Waals surface area (Å²) in [5, 5.41) is 9.71. The van der Waals surface area contributed by atoms with E-state index in [0.29, 0.717) is 31.1 Å². The standard InChI is InChI=1S/C22H37N5O/c1-6-23-21(26-17(2)11-12-22(3,4)5)25-15-18-7-9-19(10-8-18)27-14-13-24-20(28)16-27/h7-10,17H,6,11-16H2,1-5H3,(H,24,28)(H2,23,25,26). The van der Waals surface area contributed by atoms with Gasteiger partial charge in [-0.25, -0.2) is 4.99 Å². The molecular weight excluding hydrogens is 350 g/mol. The van der Waals surface area contributed by atoms with E-state index in [-0.39, 0.29) is 5.91 Å². The lowest BCUT2D eigenvalue weighted by molar-refractivity contribution is -0.120. The molecule has 0 bridgehead atoms. The van der Waals surface area contributed by atoms with Crippen LogP contribution in [0.5, 0.6) is 0 Å². The molecule has 6 nitrogen and oxygen atoms in total. The Hall–Kier alpha value is -2.24. The van der Waals surface area contributed by atoms with Crippen LogP contribution < -0.4 is 20.9 Å². The van der Waals surface area contributed by atoms with Crippen LogP contribution in [0.25, 0.3) is 0 Å². The number of amides is 1. The molecule has 1 aliphatic heterocycles. The minimum atomic E-state index is 0.0851. The molecular formula is C22H37N5O. The van der Waals surface area contributed by atoms with Crippen LogP contribution >= 0.6 is 0 Å². The highest BCUT2D eigenvalue weighted by atomic mass is 16.2. The van der Waals surface area contributed by atoms with Crippen molar-refractivity contribution in [2.75, 3.05) is 31.1 Å². The van der Waals surface area contributed by atoms with E-state index in [1.165, 1.54) is 6.42 Å². The number of aliphatic imine (C=N–C) groups is 1.